The van der Waals surface area contributed by atoms with Crippen LogP contribution < -0.4 is 10.5 Å². The Morgan fingerprint density at radius 2 is 2.06 bits per heavy atom. The van der Waals surface area contributed by atoms with Crippen LogP contribution in [-0.4, -0.2) is 18.3 Å². The van der Waals surface area contributed by atoms with Gasteiger partial charge in [-0.2, -0.15) is 0 Å². The molecule has 0 aromatic heterocycles. The van der Waals surface area contributed by atoms with E-state index in [4.69, 9.17) is 10.5 Å². The molecule has 5 heteroatoms. The minimum atomic E-state index is -0.786. The molecule has 1 aromatic carbocycles. The molecule has 0 saturated heterocycles. The fourth-order valence-corrected chi connectivity index (χ4v) is 1.78. The summed E-state index contributed by atoms with van der Waals surface area (Å²) in [5, 5.41) is 10.0. The fraction of sp³-hybridized carbons (Fsp3) is 0.538. The van der Waals surface area contributed by atoms with Gasteiger partial charge in [0.25, 0.3) is 0 Å². The highest BCUT2D eigenvalue weighted by atomic mass is 35.5. The number of methoxy groups -OCH3 is 1. The molecule has 3 atom stereocenters. The maximum atomic E-state index is 13.7. The minimum absolute atomic E-state index is 0. The second-order valence-corrected chi connectivity index (χ2v) is 4.26. The van der Waals surface area contributed by atoms with E-state index < -0.39 is 18.0 Å². The van der Waals surface area contributed by atoms with Gasteiger partial charge >= 0.3 is 0 Å². The van der Waals surface area contributed by atoms with E-state index in [1.165, 1.54) is 13.2 Å². The summed E-state index contributed by atoms with van der Waals surface area (Å²) in [4.78, 5) is 0. The third-order valence-corrected chi connectivity index (χ3v) is 3.16. The first-order chi connectivity index (χ1) is 8.02. The van der Waals surface area contributed by atoms with E-state index in [0.29, 0.717) is 5.75 Å². The van der Waals surface area contributed by atoms with Crippen molar-refractivity contribution in [3.63, 3.8) is 0 Å². The van der Waals surface area contributed by atoms with Crippen LogP contribution in [0.25, 0.3) is 0 Å². The van der Waals surface area contributed by atoms with Gasteiger partial charge in [0.15, 0.2) is 0 Å². The Morgan fingerprint density at radius 3 is 2.56 bits per heavy atom. The summed E-state index contributed by atoms with van der Waals surface area (Å²) in [7, 11) is 1.46. The first kappa shape index (κ1) is 17.2. The van der Waals surface area contributed by atoms with Gasteiger partial charge in [0, 0.05) is 5.56 Å². The van der Waals surface area contributed by atoms with E-state index in [1.54, 1.807) is 12.1 Å². The summed E-state index contributed by atoms with van der Waals surface area (Å²) in [6.45, 7) is 3.84. The van der Waals surface area contributed by atoms with Crippen LogP contribution in [0.4, 0.5) is 4.39 Å². The van der Waals surface area contributed by atoms with Gasteiger partial charge < -0.3 is 15.6 Å². The smallest absolute Gasteiger partial charge is 0.131 e. The van der Waals surface area contributed by atoms with Crippen LogP contribution in [0.1, 0.15) is 31.9 Å². The molecule has 18 heavy (non-hydrogen) atoms. The highest BCUT2D eigenvalue weighted by Crippen LogP contribution is 2.31. The molecule has 1 unspecified atom stereocenters. The Kier molecular flexibility index (Phi) is 7.21. The highest BCUT2D eigenvalue weighted by molar-refractivity contribution is 5.85. The number of benzene rings is 1. The normalized spacial score (nSPS) is 15.4. The largest absolute Gasteiger partial charge is 0.496 e. The van der Waals surface area contributed by atoms with Crippen LogP contribution in [0.3, 0.4) is 0 Å². The molecule has 0 aliphatic heterocycles. The van der Waals surface area contributed by atoms with Gasteiger partial charge in [-0.05, 0) is 18.1 Å². The SMILES string of the molecule is CCC(C)[C@@H](O)[C@@H](N)c1c(F)cccc1OC.Cl. The Morgan fingerprint density at radius 1 is 1.44 bits per heavy atom. The van der Waals surface area contributed by atoms with E-state index >= 15 is 0 Å². The van der Waals surface area contributed by atoms with Crippen molar-refractivity contribution >= 4 is 12.4 Å². The molecule has 104 valence electrons. The van der Waals surface area contributed by atoms with Crippen molar-refractivity contribution < 1.29 is 14.2 Å². The van der Waals surface area contributed by atoms with Crippen molar-refractivity contribution in [3.05, 3.63) is 29.6 Å². The zero-order valence-corrected chi connectivity index (χ0v) is 11.7. The first-order valence-electron chi connectivity index (χ1n) is 5.78. The molecule has 0 saturated carbocycles. The third-order valence-electron chi connectivity index (χ3n) is 3.16. The lowest BCUT2D eigenvalue weighted by molar-refractivity contribution is 0.0857. The van der Waals surface area contributed by atoms with Gasteiger partial charge in [-0.3, -0.25) is 0 Å². The molecule has 0 bridgehead atoms. The molecule has 0 fully saturated rings. The molecule has 0 heterocycles. The van der Waals surface area contributed by atoms with Crippen molar-refractivity contribution in [1.82, 2.24) is 0 Å². The summed E-state index contributed by atoms with van der Waals surface area (Å²) < 4.78 is 18.8. The molecular weight excluding hydrogens is 257 g/mol. The van der Waals surface area contributed by atoms with E-state index in [-0.39, 0.29) is 23.9 Å². The average Bonchev–Trinajstić information content (AvgIpc) is 2.35. The van der Waals surface area contributed by atoms with Gasteiger partial charge in [-0.25, -0.2) is 4.39 Å². The number of halogens is 2. The predicted molar refractivity (Wildman–Crippen MR) is 72.6 cm³/mol. The van der Waals surface area contributed by atoms with E-state index in [9.17, 15) is 9.50 Å². The van der Waals surface area contributed by atoms with Gasteiger partial charge in [0.1, 0.15) is 11.6 Å². The van der Waals surface area contributed by atoms with Crippen LogP contribution in [0.5, 0.6) is 5.75 Å². The highest BCUT2D eigenvalue weighted by Gasteiger charge is 2.26. The molecule has 3 nitrogen and oxygen atoms in total. The van der Waals surface area contributed by atoms with Crippen molar-refractivity contribution in [3.8, 4) is 5.75 Å². The third kappa shape index (κ3) is 3.57. The lowest BCUT2D eigenvalue weighted by Gasteiger charge is -2.25. The number of aliphatic hydroxyl groups is 1. The van der Waals surface area contributed by atoms with E-state index in [0.717, 1.165) is 6.42 Å². The standard InChI is InChI=1S/C13H20FNO2.ClH/c1-4-8(2)13(16)12(15)11-9(14)6-5-7-10(11)17-3;/h5-8,12-13,16H,4,15H2,1-3H3;1H/t8?,12-,13+;/m0./s1. The first-order valence-corrected chi connectivity index (χ1v) is 5.78. The molecule has 3 N–H and O–H groups in total. The van der Waals surface area contributed by atoms with Crippen LogP contribution in [0.2, 0.25) is 0 Å². The maximum absolute atomic E-state index is 13.7. The number of hydrogen-bond acceptors (Lipinski definition) is 3. The summed E-state index contributed by atoms with van der Waals surface area (Å²) in [5.74, 6) is -0.0617. The van der Waals surface area contributed by atoms with Crippen molar-refractivity contribution in [2.75, 3.05) is 7.11 Å². The molecule has 1 aromatic rings. The van der Waals surface area contributed by atoms with Gasteiger partial charge in [-0.15, -0.1) is 12.4 Å². The van der Waals surface area contributed by atoms with E-state index in [2.05, 4.69) is 0 Å². The Hall–Kier alpha value is -0.840. The lowest BCUT2D eigenvalue weighted by Crippen LogP contribution is -2.32. The zero-order chi connectivity index (χ0) is 13.0. The lowest BCUT2D eigenvalue weighted by atomic mass is 9.91. The second kappa shape index (κ2) is 7.56. The molecule has 0 aliphatic rings. The van der Waals surface area contributed by atoms with Crippen LogP contribution in [-0.2, 0) is 0 Å². The van der Waals surface area contributed by atoms with Crippen LogP contribution >= 0.6 is 12.4 Å². The maximum Gasteiger partial charge on any atom is 0.131 e. The molecular formula is C13H21ClFNO2. The number of rotatable bonds is 5. The number of ether oxygens (including phenoxy) is 1. The monoisotopic (exact) mass is 277 g/mol. The topological polar surface area (TPSA) is 55.5 Å². The van der Waals surface area contributed by atoms with Crippen molar-refractivity contribution in [1.29, 1.82) is 0 Å². The van der Waals surface area contributed by atoms with Crippen molar-refractivity contribution in [2.24, 2.45) is 11.7 Å². The van der Waals surface area contributed by atoms with E-state index in [1.807, 2.05) is 13.8 Å². The Labute approximate surface area is 114 Å². The summed E-state index contributed by atoms with van der Waals surface area (Å²) in [6, 6.07) is 3.74. The predicted octanol–water partition coefficient (Wildman–Crippen LogP) is 2.66. The average molecular weight is 278 g/mol. The Bertz CT molecular complexity index is 376. The number of nitrogens with two attached hydrogens (primary N) is 1. The van der Waals surface area contributed by atoms with Crippen LogP contribution in [0, 0.1) is 11.7 Å². The fourth-order valence-electron chi connectivity index (χ4n) is 1.78. The minimum Gasteiger partial charge on any atom is -0.496 e. The molecule has 1 rings (SSSR count). The quantitative estimate of drug-likeness (QED) is 0.870. The number of aliphatic hydroxyl groups excluding tert-OH is 1. The summed E-state index contributed by atoms with van der Waals surface area (Å²) >= 11 is 0. The zero-order valence-electron chi connectivity index (χ0n) is 10.9. The van der Waals surface area contributed by atoms with Gasteiger partial charge in [0.2, 0.25) is 0 Å². The van der Waals surface area contributed by atoms with Crippen LogP contribution in [0.15, 0.2) is 18.2 Å². The molecule has 0 amide bonds. The number of hydrogen-bond donors (Lipinski definition) is 2. The summed E-state index contributed by atoms with van der Waals surface area (Å²) in [6.07, 6.45) is -0.00293. The van der Waals surface area contributed by atoms with Gasteiger partial charge in [-0.1, -0.05) is 26.3 Å². The molecule has 0 spiro atoms. The second-order valence-electron chi connectivity index (χ2n) is 4.26. The molecule has 0 aliphatic carbocycles. The molecule has 0 radical (unpaired) electrons. The van der Waals surface area contributed by atoms with Crippen molar-refractivity contribution in [2.45, 2.75) is 32.4 Å². The summed E-state index contributed by atoms with van der Waals surface area (Å²) in [5.41, 5.74) is 6.16. The van der Waals surface area contributed by atoms with Gasteiger partial charge in [0.05, 0.1) is 19.3 Å². The Balaban J connectivity index is 0.00000289.